The van der Waals surface area contributed by atoms with Crippen LogP contribution in [0.25, 0.3) is 11.1 Å². The van der Waals surface area contributed by atoms with Gasteiger partial charge in [-0.3, -0.25) is 9.36 Å². The van der Waals surface area contributed by atoms with Gasteiger partial charge in [0.1, 0.15) is 6.04 Å². The molecular weight excluding hydrogens is 521 g/mol. The van der Waals surface area contributed by atoms with Gasteiger partial charge in [-0.1, -0.05) is 104 Å². The second-order valence-electron chi connectivity index (χ2n) is 10.9. The minimum absolute atomic E-state index is 0.00923. The lowest BCUT2D eigenvalue weighted by molar-refractivity contribution is -0.147. The molecule has 212 valence electrons. The van der Waals surface area contributed by atoms with Gasteiger partial charge < -0.3 is 14.9 Å². The summed E-state index contributed by atoms with van der Waals surface area (Å²) in [5.41, 5.74) is 4.04. The average Bonchev–Trinajstić information content (AvgIpc) is 3.00. The molecule has 3 atom stereocenters. The van der Waals surface area contributed by atoms with Gasteiger partial charge in [0.2, 0.25) is 13.3 Å². The molecule has 0 heterocycles. The SMILES string of the molecule is COC(=O)[C@@H](NC(=O)[C@@H](Cc1ccc(-c2ccccc2)cc1)CP(=O)(O)CCc1ccccc1)C1CCCCC1. The van der Waals surface area contributed by atoms with E-state index in [-0.39, 0.29) is 24.1 Å². The molecule has 1 fully saturated rings. The number of carbonyl (C=O) groups excluding carboxylic acids is 2. The van der Waals surface area contributed by atoms with Gasteiger partial charge in [-0.05, 0) is 53.9 Å². The van der Waals surface area contributed by atoms with Crippen molar-refractivity contribution in [1.82, 2.24) is 5.32 Å². The van der Waals surface area contributed by atoms with Crippen LogP contribution in [0.2, 0.25) is 0 Å². The predicted octanol–water partition coefficient (Wildman–Crippen LogP) is 6.26. The highest BCUT2D eigenvalue weighted by Gasteiger charge is 2.35. The number of amides is 1. The highest BCUT2D eigenvalue weighted by molar-refractivity contribution is 7.58. The van der Waals surface area contributed by atoms with Crippen LogP contribution in [0.5, 0.6) is 0 Å². The zero-order chi connectivity index (χ0) is 28.4. The van der Waals surface area contributed by atoms with Crippen molar-refractivity contribution in [3.05, 3.63) is 96.1 Å². The van der Waals surface area contributed by atoms with Crippen molar-refractivity contribution in [3.63, 3.8) is 0 Å². The van der Waals surface area contributed by atoms with Crippen LogP contribution in [0.1, 0.15) is 43.2 Å². The fourth-order valence-corrected chi connectivity index (χ4v) is 7.38. The Morgan fingerprint density at radius 1 is 0.875 bits per heavy atom. The third-order valence-electron chi connectivity index (χ3n) is 7.89. The van der Waals surface area contributed by atoms with E-state index in [1.807, 2.05) is 84.9 Å². The molecule has 0 spiro atoms. The third-order valence-corrected chi connectivity index (χ3v) is 9.82. The van der Waals surface area contributed by atoms with Gasteiger partial charge in [-0.25, -0.2) is 4.79 Å². The number of carbonyl (C=O) groups is 2. The van der Waals surface area contributed by atoms with Crippen LogP contribution in [0.15, 0.2) is 84.9 Å². The number of hydrogen-bond acceptors (Lipinski definition) is 4. The molecule has 0 bridgehead atoms. The van der Waals surface area contributed by atoms with Crippen LogP contribution < -0.4 is 5.32 Å². The summed E-state index contributed by atoms with van der Waals surface area (Å²) in [6.07, 6.45) is 5.54. The minimum Gasteiger partial charge on any atom is -0.467 e. The maximum Gasteiger partial charge on any atom is 0.328 e. The zero-order valence-corrected chi connectivity index (χ0v) is 24.1. The van der Waals surface area contributed by atoms with Crippen molar-refractivity contribution in [2.24, 2.45) is 11.8 Å². The molecule has 0 aromatic heterocycles. The molecule has 1 amide bonds. The van der Waals surface area contributed by atoms with E-state index in [1.165, 1.54) is 7.11 Å². The second kappa shape index (κ2) is 14.4. The molecule has 0 aliphatic heterocycles. The van der Waals surface area contributed by atoms with Gasteiger partial charge in [0.25, 0.3) is 0 Å². The molecule has 2 N–H and O–H groups in total. The van der Waals surface area contributed by atoms with E-state index in [0.29, 0.717) is 12.8 Å². The number of nitrogens with one attached hydrogen (secondary N) is 1. The van der Waals surface area contributed by atoms with Gasteiger partial charge in [0, 0.05) is 12.3 Å². The van der Waals surface area contributed by atoms with Gasteiger partial charge in [0.15, 0.2) is 0 Å². The van der Waals surface area contributed by atoms with E-state index >= 15 is 0 Å². The lowest BCUT2D eigenvalue weighted by Gasteiger charge is -2.30. The highest BCUT2D eigenvalue weighted by Crippen LogP contribution is 2.44. The first-order valence-corrected chi connectivity index (χ1v) is 16.2. The molecule has 6 nitrogen and oxygen atoms in total. The van der Waals surface area contributed by atoms with Crippen LogP contribution in [-0.2, 0) is 31.7 Å². The molecule has 1 saturated carbocycles. The van der Waals surface area contributed by atoms with Crippen molar-refractivity contribution in [2.45, 2.75) is 51.0 Å². The summed E-state index contributed by atoms with van der Waals surface area (Å²) >= 11 is 0. The Morgan fingerprint density at radius 3 is 2.10 bits per heavy atom. The maximum atomic E-state index is 13.7. The molecule has 4 rings (SSSR count). The number of aryl methyl sites for hydroxylation is 1. The van der Waals surface area contributed by atoms with E-state index in [4.69, 9.17) is 4.74 Å². The summed E-state index contributed by atoms with van der Waals surface area (Å²) in [5.74, 6) is -1.58. The van der Waals surface area contributed by atoms with E-state index in [2.05, 4.69) is 5.32 Å². The van der Waals surface area contributed by atoms with Crippen molar-refractivity contribution < 1.29 is 23.8 Å². The van der Waals surface area contributed by atoms with Gasteiger partial charge in [-0.15, -0.1) is 0 Å². The molecule has 1 aliphatic carbocycles. The Kier molecular flexibility index (Phi) is 10.7. The number of methoxy groups -OCH3 is 1. The lowest BCUT2D eigenvalue weighted by atomic mass is 9.83. The molecule has 1 aliphatic rings. The number of benzene rings is 3. The topological polar surface area (TPSA) is 92.7 Å². The molecule has 0 saturated heterocycles. The van der Waals surface area contributed by atoms with Crippen molar-refractivity contribution in [3.8, 4) is 11.1 Å². The summed E-state index contributed by atoms with van der Waals surface area (Å²) in [6, 6.07) is 26.8. The molecule has 40 heavy (non-hydrogen) atoms. The van der Waals surface area contributed by atoms with Crippen molar-refractivity contribution >= 4 is 19.2 Å². The first-order valence-electron chi connectivity index (χ1n) is 14.2. The van der Waals surface area contributed by atoms with E-state index in [0.717, 1.165) is 54.4 Å². The summed E-state index contributed by atoms with van der Waals surface area (Å²) in [6.45, 7) is 0. The molecule has 7 heteroatoms. The standard InChI is InChI=1S/C33H40NO5P/c1-39-33(36)31(29-15-9-4-10-16-29)34-32(35)30(24-40(37,38)22-21-25-11-5-2-6-12-25)23-26-17-19-28(20-18-26)27-13-7-3-8-14-27/h2-3,5-8,11-14,17-20,29-31H,4,9-10,15-16,21-24H2,1H3,(H,34,35)(H,37,38)/t30-,31-/m0/s1. The fraction of sp³-hybridized carbons (Fsp3) is 0.394. The molecular formula is C33H40NO5P. The number of esters is 1. The Labute approximate surface area is 237 Å². The summed E-state index contributed by atoms with van der Waals surface area (Å²) in [7, 11) is -2.31. The molecule has 3 aromatic rings. The number of hydrogen-bond donors (Lipinski definition) is 2. The Balaban J connectivity index is 1.52. The number of ether oxygens (including phenoxy) is 1. The van der Waals surface area contributed by atoms with Crippen LogP contribution in [0.4, 0.5) is 0 Å². The minimum atomic E-state index is -3.65. The zero-order valence-electron chi connectivity index (χ0n) is 23.2. The van der Waals surface area contributed by atoms with Crippen LogP contribution in [0.3, 0.4) is 0 Å². The molecule has 0 radical (unpaired) electrons. The Morgan fingerprint density at radius 2 is 1.48 bits per heavy atom. The smallest absolute Gasteiger partial charge is 0.328 e. The second-order valence-corrected chi connectivity index (χ2v) is 13.4. The van der Waals surface area contributed by atoms with Gasteiger partial charge in [-0.2, -0.15) is 0 Å². The molecule has 3 aromatic carbocycles. The van der Waals surface area contributed by atoms with E-state index in [1.54, 1.807) is 0 Å². The summed E-state index contributed by atoms with van der Waals surface area (Å²) < 4.78 is 18.4. The number of rotatable bonds is 12. The van der Waals surface area contributed by atoms with Crippen molar-refractivity contribution in [2.75, 3.05) is 19.4 Å². The van der Waals surface area contributed by atoms with Crippen molar-refractivity contribution in [1.29, 1.82) is 0 Å². The maximum absolute atomic E-state index is 13.7. The third kappa shape index (κ3) is 8.64. The Hall–Kier alpha value is -3.21. The average molecular weight is 562 g/mol. The van der Waals surface area contributed by atoms with Gasteiger partial charge >= 0.3 is 5.97 Å². The van der Waals surface area contributed by atoms with Crippen LogP contribution in [-0.4, -0.2) is 42.2 Å². The summed E-state index contributed by atoms with van der Waals surface area (Å²) in [4.78, 5) is 37.4. The summed E-state index contributed by atoms with van der Waals surface area (Å²) in [5, 5.41) is 2.95. The fourth-order valence-electron chi connectivity index (χ4n) is 5.61. The largest absolute Gasteiger partial charge is 0.467 e. The monoisotopic (exact) mass is 561 g/mol. The van der Waals surface area contributed by atoms with E-state index in [9.17, 15) is 19.0 Å². The quantitative estimate of drug-likeness (QED) is 0.201. The first kappa shape index (κ1) is 29.8. The highest BCUT2D eigenvalue weighted by atomic mass is 31.2. The first-order chi connectivity index (χ1) is 19.3. The van der Waals surface area contributed by atoms with Crippen LogP contribution >= 0.6 is 7.37 Å². The van der Waals surface area contributed by atoms with Crippen LogP contribution in [0, 0.1) is 11.8 Å². The molecule has 1 unspecified atom stereocenters. The predicted molar refractivity (Wildman–Crippen MR) is 159 cm³/mol. The Bertz CT molecular complexity index is 1270. The van der Waals surface area contributed by atoms with Gasteiger partial charge in [0.05, 0.1) is 13.0 Å². The lowest BCUT2D eigenvalue weighted by Crippen LogP contribution is -2.49. The normalized spacial score (nSPS) is 16.9. The van der Waals surface area contributed by atoms with E-state index < -0.39 is 25.3 Å².